The van der Waals surface area contributed by atoms with Gasteiger partial charge in [-0.15, -0.1) is 0 Å². The van der Waals surface area contributed by atoms with Crippen molar-refractivity contribution < 1.29 is 0 Å². The number of rotatable bonds is 3. The molecule has 0 amide bonds. The molecule has 0 unspecified atom stereocenters. The quantitative estimate of drug-likeness (QED) is 0.293. The molecule has 13 heavy (non-hydrogen) atoms. The van der Waals surface area contributed by atoms with E-state index in [1.807, 2.05) is 0 Å². The smallest absolute Gasteiger partial charge is 0.0696 e. The normalized spacial score (nSPS) is 15.2. The molecule has 0 bridgehead atoms. The Morgan fingerprint density at radius 1 is 0.615 bits per heavy atom. The molecule has 0 rings (SSSR count). The molecule has 0 radical (unpaired) electrons. The lowest BCUT2D eigenvalue weighted by Gasteiger charge is -2.49. The van der Waals surface area contributed by atoms with Crippen LogP contribution >= 0.6 is 67.8 Å². The monoisotopic (exact) mass is 521 g/mol. The molecule has 0 aromatic heterocycles. The van der Waals surface area contributed by atoms with Gasteiger partial charge >= 0.3 is 0 Å². The third kappa shape index (κ3) is 5.14. The number of hydrogen-bond donors (Lipinski definition) is 0. The van der Waals surface area contributed by atoms with Gasteiger partial charge in [-0.2, -0.15) is 0 Å². The van der Waals surface area contributed by atoms with Crippen molar-refractivity contribution in [3.8, 4) is 0 Å². The summed E-state index contributed by atoms with van der Waals surface area (Å²) in [4.78, 5) is 2.52. The first-order valence-electron chi connectivity index (χ1n) is 4.24. The molecule has 0 aliphatic heterocycles. The second kappa shape index (κ2) is 4.57. The molecule has 0 aromatic carbocycles. The van der Waals surface area contributed by atoms with Crippen LogP contribution in [0, 0.1) is 0 Å². The maximum Gasteiger partial charge on any atom is 0.0696 e. The summed E-state index contributed by atoms with van der Waals surface area (Å²) in [5, 5.41) is 0. The molecule has 0 saturated carbocycles. The lowest BCUT2D eigenvalue weighted by molar-refractivity contribution is 0.102. The lowest BCUT2D eigenvalue weighted by Crippen LogP contribution is -2.57. The summed E-state index contributed by atoms with van der Waals surface area (Å²) in [6.07, 6.45) is 0. The zero-order chi connectivity index (χ0) is 11.1. The summed E-state index contributed by atoms with van der Waals surface area (Å²) in [6.45, 7) is 13.5. The molecule has 0 atom stereocenters. The minimum Gasteiger partial charge on any atom is -0.261 e. The Labute approximate surface area is 123 Å². The van der Waals surface area contributed by atoms with Crippen LogP contribution in [0.25, 0.3) is 0 Å². The van der Waals surface area contributed by atoms with Crippen LogP contribution in [0.3, 0.4) is 0 Å². The van der Waals surface area contributed by atoms with Gasteiger partial charge in [-0.3, -0.25) is 4.90 Å². The second-order valence-corrected chi connectivity index (χ2v) is 12.5. The van der Waals surface area contributed by atoms with Gasteiger partial charge in [0.1, 0.15) is 0 Å². The predicted octanol–water partition coefficient (Wildman–Crippen LogP) is 4.80. The topological polar surface area (TPSA) is 3.24 Å². The predicted molar refractivity (Wildman–Crippen MR) is 86.1 cm³/mol. The molecule has 0 saturated heterocycles. The van der Waals surface area contributed by atoms with Crippen LogP contribution < -0.4 is 0 Å². The molecule has 0 aliphatic carbocycles. The van der Waals surface area contributed by atoms with Gasteiger partial charge < -0.3 is 0 Å². The van der Waals surface area contributed by atoms with Crippen molar-refractivity contribution in [3.05, 3.63) is 0 Å². The molecular weight excluding hydrogens is 503 g/mol. The van der Waals surface area contributed by atoms with Gasteiger partial charge in [0.15, 0.2) is 0 Å². The summed E-state index contributed by atoms with van der Waals surface area (Å²) in [5.41, 5.74) is 0. The third-order valence-electron chi connectivity index (χ3n) is 1.60. The molecule has 1 nitrogen and oxygen atoms in total. The van der Waals surface area contributed by atoms with Crippen LogP contribution in [0.15, 0.2) is 0 Å². The Kier molecular flexibility index (Phi) is 5.32. The number of nitrogens with zero attached hydrogens (tertiary/aromatic N) is 1. The lowest BCUT2D eigenvalue weighted by atomic mass is 10.2. The van der Waals surface area contributed by atoms with E-state index in [1.165, 1.54) is 0 Å². The summed E-state index contributed by atoms with van der Waals surface area (Å²) < 4.78 is 0.521. The minimum absolute atomic E-state index is 0.174. The average Bonchev–Trinajstić information content (AvgIpc) is 1.44. The molecule has 0 aromatic rings. The van der Waals surface area contributed by atoms with Crippen LogP contribution in [0.2, 0.25) is 0 Å². The first-order chi connectivity index (χ1) is 5.37. The zero-order valence-corrected chi connectivity index (χ0v) is 15.6. The molecule has 4 heteroatoms. The van der Waals surface area contributed by atoms with E-state index in [0.717, 1.165) is 0 Å². The second-order valence-electron chi connectivity index (χ2n) is 4.56. The fraction of sp³-hybridized carbons (Fsp3) is 1.00. The largest absolute Gasteiger partial charge is 0.261 e. The van der Waals surface area contributed by atoms with Crippen molar-refractivity contribution in [2.24, 2.45) is 0 Å². The van der Waals surface area contributed by atoms with Crippen LogP contribution in [0.4, 0.5) is 0 Å². The van der Waals surface area contributed by atoms with Gasteiger partial charge in [0.05, 0.1) is 10.6 Å². The maximum absolute atomic E-state index is 2.52. The van der Waals surface area contributed by atoms with Crippen molar-refractivity contribution in [2.75, 3.05) is 0 Å². The van der Waals surface area contributed by atoms with Crippen molar-refractivity contribution >= 4 is 67.8 Å². The first-order valence-corrected chi connectivity index (χ1v) is 7.47. The van der Waals surface area contributed by atoms with Gasteiger partial charge in [0.25, 0.3) is 0 Å². The molecule has 80 valence electrons. The molecule has 0 aliphatic rings. The summed E-state index contributed by atoms with van der Waals surface area (Å²) in [5.74, 6) is 0. The standard InChI is InChI=1S/C9H18I3N/c1-7(2,10)13(8(3,4)11)9(5,6)12/h1-6H3. The van der Waals surface area contributed by atoms with Gasteiger partial charge in [-0.1, -0.05) is 67.8 Å². The fourth-order valence-corrected chi connectivity index (χ4v) is 6.90. The first kappa shape index (κ1) is 15.2. The van der Waals surface area contributed by atoms with Gasteiger partial charge in [0, 0.05) is 0 Å². The van der Waals surface area contributed by atoms with Crippen LogP contribution in [0.5, 0.6) is 0 Å². The van der Waals surface area contributed by atoms with E-state index >= 15 is 0 Å². The van der Waals surface area contributed by atoms with Gasteiger partial charge in [0.2, 0.25) is 0 Å². The van der Waals surface area contributed by atoms with Crippen molar-refractivity contribution in [1.29, 1.82) is 0 Å². The van der Waals surface area contributed by atoms with E-state index in [4.69, 9.17) is 0 Å². The Bertz CT molecular complexity index is 137. The Hall–Kier alpha value is 2.15. The minimum atomic E-state index is 0.174. The van der Waals surface area contributed by atoms with Crippen molar-refractivity contribution in [3.63, 3.8) is 0 Å². The summed E-state index contributed by atoms with van der Waals surface area (Å²) >= 11 is 7.52. The van der Waals surface area contributed by atoms with Gasteiger partial charge in [-0.05, 0) is 41.5 Å². The highest BCUT2D eigenvalue weighted by Gasteiger charge is 2.42. The number of halogens is 3. The van der Waals surface area contributed by atoms with E-state index < -0.39 is 0 Å². The van der Waals surface area contributed by atoms with E-state index in [1.54, 1.807) is 0 Å². The molecular formula is C9H18I3N. The van der Waals surface area contributed by atoms with Crippen LogP contribution in [-0.4, -0.2) is 15.5 Å². The molecule has 0 spiro atoms. The van der Waals surface area contributed by atoms with Crippen LogP contribution in [0.1, 0.15) is 41.5 Å². The van der Waals surface area contributed by atoms with Crippen molar-refractivity contribution in [1.82, 2.24) is 4.90 Å². The molecule has 0 N–H and O–H groups in total. The summed E-state index contributed by atoms with van der Waals surface area (Å²) in [6, 6.07) is 0. The van der Waals surface area contributed by atoms with E-state index in [9.17, 15) is 0 Å². The average molecular weight is 521 g/mol. The maximum atomic E-state index is 2.52. The Morgan fingerprint density at radius 3 is 0.769 bits per heavy atom. The van der Waals surface area contributed by atoms with E-state index in [0.29, 0.717) is 0 Å². The Morgan fingerprint density at radius 2 is 0.769 bits per heavy atom. The van der Waals surface area contributed by atoms with Gasteiger partial charge in [-0.25, -0.2) is 0 Å². The number of hydrogen-bond acceptors (Lipinski definition) is 1. The fourth-order valence-electron chi connectivity index (χ4n) is 1.90. The van der Waals surface area contributed by atoms with E-state index in [2.05, 4.69) is 114 Å². The highest BCUT2D eigenvalue weighted by Crippen LogP contribution is 2.43. The SMILES string of the molecule is CC(C)(I)N(C(C)(C)I)C(C)(C)I. The third-order valence-corrected chi connectivity index (χ3v) is 3.04. The zero-order valence-electron chi connectivity index (χ0n) is 9.08. The van der Waals surface area contributed by atoms with Crippen LogP contribution in [-0.2, 0) is 0 Å². The highest BCUT2D eigenvalue weighted by atomic mass is 127. The number of alkyl halides is 3. The van der Waals surface area contributed by atoms with Crippen molar-refractivity contribution in [2.45, 2.75) is 52.2 Å². The Balaban J connectivity index is 5.02. The van der Waals surface area contributed by atoms with E-state index in [-0.39, 0.29) is 10.6 Å². The summed E-state index contributed by atoms with van der Waals surface area (Å²) in [7, 11) is 0. The highest BCUT2D eigenvalue weighted by molar-refractivity contribution is 14.1. The molecule has 0 heterocycles. The molecule has 0 fully saturated rings.